The summed E-state index contributed by atoms with van der Waals surface area (Å²) in [5.41, 5.74) is 3.26. The first-order valence-corrected chi connectivity index (χ1v) is 10.7. The maximum absolute atomic E-state index is 13.0. The smallest absolute Gasteiger partial charge is 0.306 e. The lowest BCUT2D eigenvalue weighted by molar-refractivity contribution is 0.673. The third-order valence-corrected chi connectivity index (χ3v) is 6.77. The van der Waals surface area contributed by atoms with Gasteiger partial charge >= 0.3 is 5.69 Å². The summed E-state index contributed by atoms with van der Waals surface area (Å²) >= 11 is 1.80. The second-order valence-electron chi connectivity index (χ2n) is 7.31. The van der Waals surface area contributed by atoms with Crippen LogP contribution in [0.1, 0.15) is 29.2 Å². The zero-order valence-electron chi connectivity index (χ0n) is 15.8. The van der Waals surface area contributed by atoms with Crippen LogP contribution in [-0.4, -0.2) is 9.55 Å². The van der Waals surface area contributed by atoms with Crippen molar-refractivity contribution in [2.45, 2.75) is 29.4 Å². The zero-order valence-corrected chi connectivity index (χ0v) is 16.6. The number of para-hydroxylation sites is 1. The molecule has 0 saturated heterocycles. The van der Waals surface area contributed by atoms with Crippen LogP contribution in [-0.2, 0) is 6.42 Å². The normalized spacial score (nSPS) is 15.9. The molecule has 1 unspecified atom stereocenters. The number of nitrogens with zero attached hydrogens (tertiary/aromatic N) is 1. The number of aromatic amines is 1. The van der Waals surface area contributed by atoms with Gasteiger partial charge in [-0.2, -0.15) is 0 Å². The zero-order chi connectivity index (χ0) is 19.8. The number of aromatic nitrogens is 2. The molecule has 29 heavy (non-hydrogen) atoms. The van der Waals surface area contributed by atoms with Crippen molar-refractivity contribution in [3.05, 3.63) is 105 Å². The molecule has 0 amide bonds. The van der Waals surface area contributed by atoms with Crippen molar-refractivity contribution >= 4 is 22.7 Å². The summed E-state index contributed by atoms with van der Waals surface area (Å²) in [5.74, 6) is 0. The van der Waals surface area contributed by atoms with Crippen LogP contribution in [0.15, 0.2) is 87.3 Å². The fourth-order valence-electron chi connectivity index (χ4n) is 4.09. The Balaban J connectivity index is 1.54. The fourth-order valence-corrected chi connectivity index (χ4v) is 5.40. The highest BCUT2D eigenvalue weighted by molar-refractivity contribution is 7.99. The van der Waals surface area contributed by atoms with Crippen LogP contribution in [0.25, 0.3) is 16.6 Å². The molecular formula is C24H20N2O2S. The fraction of sp³-hybridized carbons (Fsp3) is 0.167. The van der Waals surface area contributed by atoms with Crippen LogP contribution < -0.4 is 11.2 Å². The van der Waals surface area contributed by atoms with E-state index in [0.29, 0.717) is 21.8 Å². The van der Waals surface area contributed by atoms with Crippen LogP contribution in [0.3, 0.4) is 0 Å². The number of benzene rings is 3. The second-order valence-corrected chi connectivity index (χ2v) is 8.59. The van der Waals surface area contributed by atoms with Crippen molar-refractivity contribution in [2.75, 3.05) is 0 Å². The van der Waals surface area contributed by atoms with Gasteiger partial charge < -0.3 is 4.98 Å². The summed E-state index contributed by atoms with van der Waals surface area (Å²) in [5, 5.41) is 0.896. The monoisotopic (exact) mass is 400 g/mol. The molecule has 3 aromatic carbocycles. The number of hydrogen-bond acceptors (Lipinski definition) is 3. The summed E-state index contributed by atoms with van der Waals surface area (Å²) in [4.78, 5) is 29.4. The number of fused-ring (bicyclic) bond motifs is 2. The third kappa shape index (κ3) is 3.32. The van der Waals surface area contributed by atoms with E-state index in [9.17, 15) is 9.59 Å². The predicted molar refractivity (Wildman–Crippen MR) is 118 cm³/mol. The first-order valence-electron chi connectivity index (χ1n) is 9.80. The van der Waals surface area contributed by atoms with E-state index in [-0.39, 0.29) is 5.56 Å². The van der Waals surface area contributed by atoms with Gasteiger partial charge in [-0.3, -0.25) is 4.79 Å². The maximum Gasteiger partial charge on any atom is 0.333 e. The van der Waals surface area contributed by atoms with Crippen molar-refractivity contribution < 1.29 is 0 Å². The van der Waals surface area contributed by atoms with Gasteiger partial charge in [0.1, 0.15) is 0 Å². The topological polar surface area (TPSA) is 54.9 Å². The Kier molecular flexibility index (Phi) is 4.60. The molecule has 1 aliphatic rings. The molecule has 0 aliphatic heterocycles. The Labute approximate surface area is 172 Å². The van der Waals surface area contributed by atoms with Crippen molar-refractivity contribution in [3.8, 4) is 5.69 Å². The molecule has 1 atom stereocenters. The highest BCUT2D eigenvalue weighted by Crippen LogP contribution is 2.43. The number of H-pyrrole nitrogens is 1. The quantitative estimate of drug-likeness (QED) is 0.535. The highest BCUT2D eigenvalue weighted by Gasteiger charge is 2.21. The van der Waals surface area contributed by atoms with Crippen LogP contribution in [0.2, 0.25) is 0 Å². The summed E-state index contributed by atoms with van der Waals surface area (Å²) < 4.78 is 1.22. The van der Waals surface area contributed by atoms with E-state index in [1.165, 1.54) is 22.1 Å². The highest BCUT2D eigenvalue weighted by atomic mass is 32.2. The molecule has 1 N–H and O–H groups in total. The summed E-state index contributed by atoms with van der Waals surface area (Å²) in [6.07, 6.45) is 3.44. The van der Waals surface area contributed by atoms with Gasteiger partial charge in [0, 0.05) is 10.1 Å². The minimum absolute atomic E-state index is 0.297. The van der Waals surface area contributed by atoms with Gasteiger partial charge in [-0.05, 0) is 60.7 Å². The van der Waals surface area contributed by atoms with Gasteiger partial charge in [-0.15, -0.1) is 11.8 Å². The van der Waals surface area contributed by atoms with Crippen molar-refractivity contribution in [3.63, 3.8) is 0 Å². The molecule has 1 heterocycles. The molecule has 4 aromatic rings. The van der Waals surface area contributed by atoms with Crippen LogP contribution in [0.4, 0.5) is 0 Å². The Hall–Kier alpha value is -3.05. The number of nitrogens with one attached hydrogen (secondary N) is 1. The van der Waals surface area contributed by atoms with E-state index in [4.69, 9.17) is 0 Å². The average molecular weight is 401 g/mol. The standard InChI is InChI=1S/C24H20N2O2S/c27-23-20-12-3-4-13-21(20)25-24(28)26(23)17-9-6-10-18(15-17)29-22-14-5-8-16-7-1-2-11-19(16)22/h1-4,6-7,9-13,15,22H,5,8,14H2,(H,25,28). The van der Waals surface area contributed by atoms with Gasteiger partial charge in [0.15, 0.2) is 0 Å². The molecule has 0 fully saturated rings. The van der Waals surface area contributed by atoms with Crippen LogP contribution in [0.5, 0.6) is 0 Å². The Morgan fingerprint density at radius 2 is 1.76 bits per heavy atom. The van der Waals surface area contributed by atoms with Gasteiger partial charge in [0.2, 0.25) is 0 Å². The van der Waals surface area contributed by atoms with E-state index < -0.39 is 5.69 Å². The number of hydrogen-bond donors (Lipinski definition) is 1. The third-order valence-electron chi connectivity index (χ3n) is 5.47. The average Bonchev–Trinajstić information content (AvgIpc) is 2.74. The first kappa shape index (κ1) is 18.0. The number of aryl methyl sites for hydroxylation is 1. The number of rotatable bonds is 3. The second kappa shape index (κ2) is 7.41. The molecule has 0 spiro atoms. The lowest BCUT2D eigenvalue weighted by Gasteiger charge is -2.25. The van der Waals surface area contributed by atoms with Gasteiger partial charge in [0.25, 0.3) is 5.56 Å². The summed E-state index contributed by atoms with van der Waals surface area (Å²) in [7, 11) is 0. The molecule has 0 radical (unpaired) electrons. The molecular weight excluding hydrogens is 380 g/mol. The number of thioether (sulfide) groups is 1. The van der Waals surface area contributed by atoms with Crippen LogP contribution >= 0.6 is 11.8 Å². The Bertz CT molecular complexity index is 1320. The lowest BCUT2D eigenvalue weighted by Crippen LogP contribution is -2.33. The molecule has 0 bridgehead atoms. The van der Waals surface area contributed by atoms with E-state index in [1.54, 1.807) is 36.0 Å². The van der Waals surface area contributed by atoms with E-state index in [1.807, 2.05) is 24.3 Å². The summed E-state index contributed by atoms with van der Waals surface area (Å²) in [6.45, 7) is 0. The first-order chi connectivity index (χ1) is 14.2. The van der Waals surface area contributed by atoms with Crippen molar-refractivity contribution in [1.82, 2.24) is 9.55 Å². The van der Waals surface area contributed by atoms with E-state index in [0.717, 1.165) is 17.7 Å². The molecule has 5 heteroatoms. The van der Waals surface area contributed by atoms with Crippen LogP contribution in [0, 0.1) is 0 Å². The minimum atomic E-state index is -0.418. The van der Waals surface area contributed by atoms with Gasteiger partial charge in [-0.1, -0.05) is 42.5 Å². The molecule has 5 rings (SSSR count). The van der Waals surface area contributed by atoms with E-state index in [2.05, 4.69) is 29.2 Å². The minimum Gasteiger partial charge on any atom is -0.306 e. The molecule has 0 saturated carbocycles. The largest absolute Gasteiger partial charge is 0.333 e. The van der Waals surface area contributed by atoms with Gasteiger partial charge in [-0.25, -0.2) is 9.36 Å². The van der Waals surface area contributed by atoms with Crippen molar-refractivity contribution in [2.24, 2.45) is 0 Å². The molecule has 1 aromatic heterocycles. The molecule has 4 nitrogen and oxygen atoms in total. The molecule has 144 valence electrons. The Morgan fingerprint density at radius 3 is 2.69 bits per heavy atom. The predicted octanol–water partition coefficient (Wildman–Crippen LogP) is 4.85. The van der Waals surface area contributed by atoms with Gasteiger partial charge in [0.05, 0.1) is 16.6 Å². The molecule has 1 aliphatic carbocycles. The lowest BCUT2D eigenvalue weighted by atomic mass is 9.91. The van der Waals surface area contributed by atoms with Crippen molar-refractivity contribution in [1.29, 1.82) is 0 Å². The van der Waals surface area contributed by atoms with E-state index >= 15 is 0 Å². The SMILES string of the molecule is O=c1[nH]c2ccccc2c(=O)n1-c1cccc(SC2CCCc3ccccc32)c1. The Morgan fingerprint density at radius 1 is 0.931 bits per heavy atom. The maximum atomic E-state index is 13.0. The summed E-state index contributed by atoms with van der Waals surface area (Å²) in [6, 6.07) is 23.4.